The van der Waals surface area contributed by atoms with E-state index in [1.807, 2.05) is 0 Å². The van der Waals surface area contributed by atoms with Gasteiger partial charge in [0, 0.05) is 19.8 Å². The van der Waals surface area contributed by atoms with Crippen LogP contribution in [0.2, 0.25) is 0 Å². The summed E-state index contributed by atoms with van der Waals surface area (Å²) in [7, 11) is 0. The van der Waals surface area contributed by atoms with Crippen molar-refractivity contribution in [2.45, 2.75) is 32.1 Å². The van der Waals surface area contributed by atoms with Gasteiger partial charge in [-0.05, 0) is 30.6 Å². The van der Waals surface area contributed by atoms with Gasteiger partial charge in [0.1, 0.15) is 0 Å². The number of hydrogen-bond donors (Lipinski definition) is 1. The summed E-state index contributed by atoms with van der Waals surface area (Å²) in [5.74, 6) is 0.926. The van der Waals surface area contributed by atoms with Gasteiger partial charge in [0.15, 0.2) is 0 Å². The first kappa shape index (κ1) is 8.52. The van der Waals surface area contributed by atoms with Gasteiger partial charge in [-0.1, -0.05) is 12.8 Å². The third kappa shape index (κ3) is 1.80. The molecule has 0 aromatic rings. The van der Waals surface area contributed by atoms with Crippen LogP contribution in [0.4, 0.5) is 0 Å². The maximum Gasteiger partial charge on any atom is 0.0489 e. The van der Waals surface area contributed by atoms with Gasteiger partial charge in [0.05, 0.1) is 0 Å². The van der Waals surface area contributed by atoms with Crippen LogP contribution in [0.5, 0.6) is 0 Å². The minimum Gasteiger partial charge on any atom is -0.396 e. The van der Waals surface area contributed by atoms with Gasteiger partial charge in [-0.25, -0.2) is 0 Å². The molecule has 2 heteroatoms. The van der Waals surface area contributed by atoms with Crippen LogP contribution in [-0.4, -0.2) is 24.9 Å². The Morgan fingerprint density at radius 3 is 2.42 bits per heavy atom. The Morgan fingerprint density at radius 1 is 1.25 bits per heavy atom. The van der Waals surface area contributed by atoms with Crippen molar-refractivity contribution in [2.75, 3.05) is 19.8 Å². The fourth-order valence-electron chi connectivity index (χ4n) is 2.17. The zero-order valence-corrected chi connectivity index (χ0v) is 7.59. The molecule has 0 aromatic heterocycles. The molecule has 0 unspecified atom stereocenters. The van der Waals surface area contributed by atoms with Gasteiger partial charge >= 0.3 is 0 Å². The zero-order valence-electron chi connectivity index (χ0n) is 7.59. The fourth-order valence-corrected chi connectivity index (χ4v) is 2.17. The number of aliphatic hydroxyl groups excluding tert-OH is 1. The maximum atomic E-state index is 9.36. The van der Waals surface area contributed by atoms with Crippen LogP contribution < -0.4 is 0 Å². The van der Waals surface area contributed by atoms with Crippen molar-refractivity contribution in [3.8, 4) is 0 Å². The molecule has 1 aliphatic heterocycles. The molecular formula is C10H18O2. The summed E-state index contributed by atoms with van der Waals surface area (Å²) in [6.45, 7) is 2.08. The molecule has 0 amide bonds. The Balaban J connectivity index is 1.90. The fraction of sp³-hybridized carbons (Fsp3) is 1.00. The minimum atomic E-state index is 0.236. The summed E-state index contributed by atoms with van der Waals surface area (Å²) in [4.78, 5) is 0. The average molecular weight is 170 g/mol. The highest BCUT2D eigenvalue weighted by Gasteiger charge is 2.37. The quantitative estimate of drug-likeness (QED) is 0.696. The second-order valence-electron chi connectivity index (χ2n) is 4.42. The Hall–Kier alpha value is -0.0800. The average Bonchev–Trinajstić information content (AvgIpc) is 2.90. The van der Waals surface area contributed by atoms with E-state index in [0.717, 1.165) is 32.0 Å². The Morgan fingerprint density at radius 2 is 1.92 bits per heavy atom. The molecule has 70 valence electrons. The lowest BCUT2D eigenvalue weighted by Crippen LogP contribution is -2.33. The summed E-state index contributed by atoms with van der Waals surface area (Å²) < 4.78 is 5.32. The summed E-state index contributed by atoms with van der Waals surface area (Å²) in [6.07, 6.45) is 6.16. The monoisotopic (exact) mass is 170 g/mol. The lowest BCUT2D eigenvalue weighted by Gasteiger charge is -2.35. The van der Waals surface area contributed by atoms with E-state index in [4.69, 9.17) is 4.74 Å². The van der Waals surface area contributed by atoms with E-state index in [2.05, 4.69) is 0 Å². The molecule has 0 spiro atoms. The van der Waals surface area contributed by atoms with Gasteiger partial charge in [0.2, 0.25) is 0 Å². The van der Waals surface area contributed by atoms with E-state index in [1.165, 1.54) is 19.3 Å². The van der Waals surface area contributed by atoms with Gasteiger partial charge in [-0.2, -0.15) is 0 Å². The molecule has 0 bridgehead atoms. The molecule has 1 N–H and O–H groups in total. The number of aliphatic hydroxyl groups is 1. The topological polar surface area (TPSA) is 29.5 Å². The zero-order chi connectivity index (χ0) is 8.44. The molecule has 2 aliphatic rings. The van der Waals surface area contributed by atoms with Crippen LogP contribution >= 0.6 is 0 Å². The van der Waals surface area contributed by atoms with E-state index in [0.29, 0.717) is 6.61 Å². The smallest absolute Gasteiger partial charge is 0.0489 e. The maximum absolute atomic E-state index is 9.36. The minimum absolute atomic E-state index is 0.236. The first-order valence-corrected chi connectivity index (χ1v) is 5.03. The molecular weight excluding hydrogens is 152 g/mol. The molecule has 1 heterocycles. The van der Waals surface area contributed by atoms with Gasteiger partial charge in [-0.3, -0.25) is 0 Å². The van der Waals surface area contributed by atoms with Crippen LogP contribution in [0, 0.1) is 11.3 Å². The van der Waals surface area contributed by atoms with Gasteiger partial charge in [0.25, 0.3) is 0 Å². The molecule has 0 atom stereocenters. The summed E-state index contributed by atoms with van der Waals surface area (Å²) in [6, 6.07) is 0. The third-order valence-electron chi connectivity index (χ3n) is 3.31. The molecule has 0 radical (unpaired) electrons. The first-order chi connectivity index (χ1) is 5.85. The normalized spacial score (nSPS) is 28.8. The Bertz CT molecular complexity index is 146. The van der Waals surface area contributed by atoms with Crippen molar-refractivity contribution < 1.29 is 9.84 Å². The number of hydrogen-bond acceptors (Lipinski definition) is 2. The summed E-state index contributed by atoms with van der Waals surface area (Å²) in [5, 5.41) is 9.36. The van der Waals surface area contributed by atoms with E-state index in [9.17, 15) is 5.11 Å². The molecule has 0 aromatic carbocycles. The molecule has 2 fully saturated rings. The predicted molar refractivity (Wildman–Crippen MR) is 46.9 cm³/mol. The Kier molecular flexibility index (Phi) is 2.37. The van der Waals surface area contributed by atoms with Crippen LogP contribution in [0.1, 0.15) is 32.1 Å². The lowest BCUT2D eigenvalue weighted by molar-refractivity contribution is -0.0235. The first-order valence-electron chi connectivity index (χ1n) is 5.03. The lowest BCUT2D eigenvalue weighted by atomic mass is 9.76. The van der Waals surface area contributed by atoms with Crippen molar-refractivity contribution in [1.82, 2.24) is 0 Å². The van der Waals surface area contributed by atoms with Crippen LogP contribution in [0.3, 0.4) is 0 Å². The standard InChI is InChI=1S/C10H18O2/c11-8-10(7-9-1-2-9)3-5-12-6-4-10/h9,11H,1-8H2. The second-order valence-corrected chi connectivity index (χ2v) is 4.42. The number of rotatable bonds is 3. The highest BCUT2D eigenvalue weighted by Crippen LogP contribution is 2.44. The summed E-state index contributed by atoms with van der Waals surface area (Å²) >= 11 is 0. The van der Waals surface area contributed by atoms with E-state index < -0.39 is 0 Å². The van der Waals surface area contributed by atoms with Gasteiger partial charge < -0.3 is 9.84 Å². The van der Waals surface area contributed by atoms with Crippen LogP contribution in [0.25, 0.3) is 0 Å². The molecule has 1 aliphatic carbocycles. The van der Waals surface area contributed by atoms with Crippen molar-refractivity contribution in [2.24, 2.45) is 11.3 Å². The molecule has 1 saturated heterocycles. The van der Waals surface area contributed by atoms with E-state index >= 15 is 0 Å². The largest absolute Gasteiger partial charge is 0.396 e. The molecule has 2 rings (SSSR count). The molecule has 12 heavy (non-hydrogen) atoms. The van der Waals surface area contributed by atoms with Gasteiger partial charge in [-0.15, -0.1) is 0 Å². The second kappa shape index (κ2) is 3.35. The highest BCUT2D eigenvalue weighted by molar-refractivity contribution is 4.88. The summed E-state index contributed by atoms with van der Waals surface area (Å²) in [5.41, 5.74) is 0.236. The molecule has 1 saturated carbocycles. The number of ether oxygens (including phenoxy) is 1. The van der Waals surface area contributed by atoms with E-state index in [-0.39, 0.29) is 5.41 Å². The SMILES string of the molecule is OCC1(CC2CC2)CCOCC1. The van der Waals surface area contributed by atoms with Crippen molar-refractivity contribution in [3.05, 3.63) is 0 Å². The van der Waals surface area contributed by atoms with Crippen molar-refractivity contribution in [1.29, 1.82) is 0 Å². The highest BCUT2D eigenvalue weighted by atomic mass is 16.5. The predicted octanol–water partition coefficient (Wildman–Crippen LogP) is 1.58. The van der Waals surface area contributed by atoms with Crippen molar-refractivity contribution >= 4 is 0 Å². The van der Waals surface area contributed by atoms with Crippen molar-refractivity contribution in [3.63, 3.8) is 0 Å². The molecule has 2 nitrogen and oxygen atoms in total. The third-order valence-corrected chi connectivity index (χ3v) is 3.31. The van der Waals surface area contributed by atoms with E-state index in [1.54, 1.807) is 0 Å². The van der Waals surface area contributed by atoms with Crippen LogP contribution in [-0.2, 0) is 4.74 Å². The Labute approximate surface area is 73.9 Å². The van der Waals surface area contributed by atoms with Crippen LogP contribution in [0.15, 0.2) is 0 Å².